The van der Waals surface area contributed by atoms with Crippen LogP contribution in [0.1, 0.15) is 27.7 Å². The molecule has 0 aromatic carbocycles. The molecule has 0 rings (SSSR count). The number of rotatable bonds is 8. The molecule has 0 aromatic heterocycles. The molecule has 0 aliphatic rings. The molecule has 2 unspecified atom stereocenters. The van der Waals surface area contributed by atoms with Crippen molar-refractivity contribution in [2.45, 2.75) is 39.8 Å². The molecule has 0 saturated heterocycles. The van der Waals surface area contributed by atoms with Gasteiger partial charge in [0.2, 0.25) is 0 Å². The van der Waals surface area contributed by atoms with Crippen molar-refractivity contribution in [1.82, 2.24) is 10.6 Å². The van der Waals surface area contributed by atoms with Gasteiger partial charge in [0.25, 0.3) is 0 Å². The first-order valence-electron chi connectivity index (χ1n) is 5.53. The summed E-state index contributed by atoms with van der Waals surface area (Å²) in [6, 6.07) is 0.506. The molecule has 3 nitrogen and oxygen atoms in total. The fraction of sp³-hybridized carbons (Fsp3) is 1.00. The summed E-state index contributed by atoms with van der Waals surface area (Å²) in [7, 11) is 1.74. The predicted molar refractivity (Wildman–Crippen MR) is 61.6 cm³/mol. The van der Waals surface area contributed by atoms with Crippen LogP contribution in [0.15, 0.2) is 0 Å². The Morgan fingerprint density at radius 1 is 1.00 bits per heavy atom. The summed E-state index contributed by atoms with van der Waals surface area (Å²) in [6.07, 6.45) is 0.294. The highest BCUT2D eigenvalue weighted by Crippen LogP contribution is 1.89. The second-order valence-corrected chi connectivity index (χ2v) is 4.41. The van der Waals surface area contributed by atoms with E-state index in [1.807, 2.05) is 0 Å². The van der Waals surface area contributed by atoms with E-state index >= 15 is 0 Å². The van der Waals surface area contributed by atoms with Crippen molar-refractivity contribution in [3.05, 3.63) is 0 Å². The van der Waals surface area contributed by atoms with Crippen LogP contribution in [0, 0.1) is 5.92 Å². The van der Waals surface area contributed by atoms with Crippen LogP contribution >= 0.6 is 0 Å². The lowest BCUT2D eigenvalue weighted by molar-refractivity contribution is 0.114. The molecule has 0 radical (unpaired) electrons. The molecular formula is C11H26N2O. The number of nitrogens with one attached hydrogen (secondary N) is 2. The zero-order chi connectivity index (χ0) is 11.0. The molecule has 0 aliphatic heterocycles. The number of methoxy groups -OCH3 is 1. The maximum atomic E-state index is 5.16. The highest BCUT2D eigenvalue weighted by atomic mass is 16.5. The molecule has 0 fully saturated rings. The predicted octanol–water partition coefficient (Wildman–Crippen LogP) is 1.24. The first-order valence-corrected chi connectivity index (χ1v) is 5.53. The molecule has 86 valence electrons. The number of hydrogen-bond acceptors (Lipinski definition) is 3. The van der Waals surface area contributed by atoms with E-state index in [9.17, 15) is 0 Å². The van der Waals surface area contributed by atoms with E-state index in [-0.39, 0.29) is 0 Å². The average molecular weight is 202 g/mol. The van der Waals surface area contributed by atoms with Crippen LogP contribution in [0.3, 0.4) is 0 Å². The molecule has 0 saturated carbocycles. The van der Waals surface area contributed by atoms with E-state index in [1.165, 1.54) is 0 Å². The van der Waals surface area contributed by atoms with Gasteiger partial charge in [0.1, 0.15) is 0 Å². The van der Waals surface area contributed by atoms with Gasteiger partial charge in [0.05, 0.1) is 6.10 Å². The van der Waals surface area contributed by atoms with Crippen molar-refractivity contribution in [1.29, 1.82) is 0 Å². The van der Waals surface area contributed by atoms with Crippen LogP contribution in [0.4, 0.5) is 0 Å². The van der Waals surface area contributed by atoms with E-state index in [2.05, 4.69) is 38.3 Å². The first-order chi connectivity index (χ1) is 6.56. The van der Waals surface area contributed by atoms with Crippen molar-refractivity contribution in [3.63, 3.8) is 0 Å². The van der Waals surface area contributed by atoms with Crippen molar-refractivity contribution in [2.75, 3.05) is 26.7 Å². The summed E-state index contributed by atoms with van der Waals surface area (Å²) in [6.45, 7) is 11.7. The van der Waals surface area contributed by atoms with Crippen LogP contribution in [0.2, 0.25) is 0 Å². The van der Waals surface area contributed by atoms with E-state index < -0.39 is 0 Å². The molecule has 14 heavy (non-hydrogen) atoms. The summed E-state index contributed by atoms with van der Waals surface area (Å²) in [5.74, 6) is 0.722. The zero-order valence-electron chi connectivity index (χ0n) is 10.3. The molecule has 0 aromatic rings. The standard InChI is InChI=1S/C11H26N2O/c1-9(2)6-12-7-10(3)13-8-11(4)14-5/h9-13H,6-8H2,1-5H3. The second-order valence-electron chi connectivity index (χ2n) is 4.41. The van der Waals surface area contributed by atoms with E-state index in [1.54, 1.807) is 7.11 Å². The lowest BCUT2D eigenvalue weighted by atomic mass is 10.2. The minimum absolute atomic E-state index is 0.294. The maximum absolute atomic E-state index is 5.16. The third-order valence-electron chi connectivity index (χ3n) is 2.16. The van der Waals surface area contributed by atoms with Crippen LogP contribution in [0.5, 0.6) is 0 Å². The Balaban J connectivity index is 3.32. The Morgan fingerprint density at radius 3 is 2.14 bits per heavy atom. The largest absolute Gasteiger partial charge is 0.380 e. The van der Waals surface area contributed by atoms with Crippen LogP contribution < -0.4 is 10.6 Å². The van der Waals surface area contributed by atoms with Crippen molar-refractivity contribution in [3.8, 4) is 0 Å². The van der Waals surface area contributed by atoms with Gasteiger partial charge >= 0.3 is 0 Å². The molecule has 3 heteroatoms. The van der Waals surface area contributed by atoms with Gasteiger partial charge in [0, 0.05) is 26.2 Å². The van der Waals surface area contributed by atoms with E-state index in [0.717, 1.165) is 25.6 Å². The Morgan fingerprint density at radius 2 is 1.64 bits per heavy atom. The van der Waals surface area contributed by atoms with Crippen molar-refractivity contribution in [2.24, 2.45) is 5.92 Å². The topological polar surface area (TPSA) is 33.3 Å². The summed E-state index contributed by atoms with van der Waals surface area (Å²) in [5.41, 5.74) is 0. The van der Waals surface area contributed by atoms with E-state index in [4.69, 9.17) is 4.74 Å². The van der Waals surface area contributed by atoms with Gasteiger partial charge in [-0.05, 0) is 26.3 Å². The van der Waals surface area contributed by atoms with Gasteiger partial charge in [-0.2, -0.15) is 0 Å². The lowest BCUT2D eigenvalue weighted by Crippen LogP contribution is -2.40. The minimum atomic E-state index is 0.294. The van der Waals surface area contributed by atoms with Gasteiger partial charge in [-0.1, -0.05) is 13.8 Å². The van der Waals surface area contributed by atoms with E-state index in [0.29, 0.717) is 12.1 Å². The Bertz CT molecular complexity index is 128. The summed E-state index contributed by atoms with van der Waals surface area (Å²) in [5, 5.41) is 6.84. The SMILES string of the molecule is COC(C)CNC(C)CNCC(C)C. The third-order valence-corrected chi connectivity index (χ3v) is 2.16. The number of ether oxygens (including phenoxy) is 1. The second kappa shape index (κ2) is 8.21. The zero-order valence-corrected chi connectivity index (χ0v) is 10.3. The molecule has 2 N–H and O–H groups in total. The maximum Gasteiger partial charge on any atom is 0.0667 e. The van der Waals surface area contributed by atoms with Crippen LogP contribution in [0.25, 0.3) is 0 Å². The molecular weight excluding hydrogens is 176 g/mol. The average Bonchev–Trinajstić information content (AvgIpc) is 2.13. The number of hydrogen-bond donors (Lipinski definition) is 2. The molecule has 2 atom stereocenters. The fourth-order valence-electron chi connectivity index (χ4n) is 1.11. The third kappa shape index (κ3) is 8.48. The van der Waals surface area contributed by atoms with Gasteiger partial charge in [-0.3, -0.25) is 0 Å². The smallest absolute Gasteiger partial charge is 0.0667 e. The molecule has 0 aliphatic carbocycles. The first kappa shape index (κ1) is 13.9. The molecule has 0 heterocycles. The Hall–Kier alpha value is -0.120. The quantitative estimate of drug-likeness (QED) is 0.621. The van der Waals surface area contributed by atoms with Gasteiger partial charge in [0.15, 0.2) is 0 Å². The minimum Gasteiger partial charge on any atom is -0.380 e. The highest BCUT2D eigenvalue weighted by molar-refractivity contribution is 4.66. The Kier molecular flexibility index (Phi) is 8.14. The van der Waals surface area contributed by atoms with Gasteiger partial charge < -0.3 is 15.4 Å². The molecule has 0 amide bonds. The summed E-state index contributed by atoms with van der Waals surface area (Å²) in [4.78, 5) is 0. The summed E-state index contributed by atoms with van der Waals surface area (Å²) >= 11 is 0. The van der Waals surface area contributed by atoms with Crippen LogP contribution in [-0.2, 0) is 4.74 Å². The fourth-order valence-corrected chi connectivity index (χ4v) is 1.11. The van der Waals surface area contributed by atoms with Crippen molar-refractivity contribution >= 4 is 0 Å². The highest BCUT2D eigenvalue weighted by Gasteiger charge is 2.04. The Labute approximate surface area is 88.6 Å². The monoisotopic (exact) mass is 202 g/mol. The normalized spacial score (nSPS) is 15.9. The van der Waals surface area contributed by atoms with Crippen molar-refractivity contribution < 1.29 is 4.74 Å². The molecule has 0 bridgehead atoms. The summed E-state index contributed by atoms with van der Waals surface area (Å²) < 4.78 is 5.16. The van der Waals surface area contributed by atoms with Gasteiger partial charge in [-0.15, -0.1) is 0 Å². The van der Waals surface area contributed by atoms with Crippen LogP contribution in [-0.4, -0.2) is 38.9 Å². The lowest BCUT2D eigenvalue weighted by Gasteiger charge is -2.18. The molecule has 0 spiro atoms. The van der Waals surface area contributed by atoms with Gasteiger partial charge in [-0.25, -0.2) is 0 Å².